The van der Waals surface area contributed by atoms with E-state index >= 15 is 0 Å². The number of hydrogen-bond donors (Lipinski definition) is 2. The van der Waals surface area contributed by atoms with Crippen molar-refractivity contribution in [1.29, 1.82) is 0 Å². The number of benzene rings is 1. The van der Waals surface area contributed by atoms with Crippen molar-refractivity contribution in [2.45, 2.75) is 6.54 Å². The molecule has 1 aliphatic rings. The van der Waals surface area contributed by atoms with Crippen LogP contribution < -0.4 is 11.1 Å². The molecule has 1 aliphatic heterocycles. The maximum absolute atomic E-state index is 14.1. The molecule has 0 atom stereocenters. The molecule has 0 amide bonds. The first kappa shape index (κ1) is 14.7. The molecular weight excluding hydrogens is 257 g/mol. The molecule has 20 heavy (non-hydrogen) atoms. The van der Waals surface area contributed by atoms with E-state index in [1.807, 2.05) is 6.07 Å². The molecular formula is C14H22FN5. The number of anilines is 1. The van der Waals surface area contributed by atoms with Crippen molar-refractivity contribution in [3.63, 3.8) is 0 Å². The van der Waals surface area contributed by atoms with Gasteiger partial charge in [0.05, 0.1) is 0 Å². The van der Waals surface area contributed by atoms with Crippen molar-refractivity contribution < 1.29 is 4.39 Å². The summed E-state index contributed by atoms with van der Waals surface area (Å²) < 4.78 is 14.1. The molecule has 0 aliphatic carbocycles. The van der Waals surface area contributed by atoms with Gasteiger partial charge in [0.2, 0.25) is 0 Å². The topological polar surface area (TPSA) is 56.9 Å². The van der Waals surface area contributed by atoms with E-state index in [1.165, 1.54) is 6.07 Å². The van der Waals surface area contributed by atoms with E-state index in [1.54, 1.807) is 13.1 Å². The van der Waals surface area contributed by atoms with E-state index in [9.17, 15) is 4.39 Å². The average molecular weight is 279 g/mol. The van der Waals surface area contributed by atoms with E-state index in [4.69, 9.17) is 5.73 Å². The zero-order valence-corrected chi connectivity index (χ0v) is 12.1. The molecule has 110 valence electrons. The van der Waals surface area contributed by atoms with E-state index in [2.05, 4.69) is 27.2 Å². The second kappa shape index (κ2) is 6.67. The molecule has 0 spiro atoms. The van der Waals surface area contributed by atoms with Gasteiger partial charge in [-0.2, -0.15) is 0 Å². The predicted octanol–water partition coefficient (Wildman–Crippen LogP) is 0.929. The lowest BCUT2D eigenvalue weighted by Crippen LogP contribution is -2.44. The number of nitrogens with one attached hydrogen (secondary N) is 1. The van der Waals surface area contributed by atoms with Gasteiger partial charge >= 0.3 is 0 Å². The highest BCUT2D eigenvalue weighted by Gasteiger charge is 2.15. The van der Waals surface area contributed by atoms with E-state index in [-0.39, 0.29) is 11.8 Å². The molecule has 1 saturated heterocycles. The summed E-state index contributed by atoms with van der Waals surface area (Å²) in [4.78, 5) is 8.34. The first-order valence-electron chi connectivity index (χ1n) is 6.77. The quantitative estimate of drug-likeness (QED) is 0.638. The molecule has 0 aromatic heterocycles. The van der Waals surface area contributed by atoms with Gasteiger partial charge in [0.15, 0.2) is 5.96 Å². The molecule has 3 N–H and O–H groups in total. The molecule has 0 bridgehead atoms. The summed E-state index contributed by atoms with van der Waals surface area (Å²) in [5.74, 6) is 0.0639. The summed E-state index contributed by atoms with van der Waals surface area (Å²) in [5, 5.41) is 2.84. The lowest BCUT2D eigenvalue weighted by atomic mass is 10.1. The minimum Gasteiger partial charge on any atom is -0.370 e. The maximum Gasteiger partial charge on any atom is 0.192 e. The Balaban J connectivity index is 1.99. The standard InChI is InChI=1S/C14H22FN5/c1-17-14(16)18-12-4-3-11(13(15)9-12)10-20-7-5-19(2)6-8-20/h3-4,9H,5-8,10H2,1-2H3,(H3,16,17,18). The van der Waals surface area contributed by atoms with Crippen LogP contribution in [0.15, 0.2) is 23.2 Å². The molecule has 0 unspecified atom stereocenters. The van der Waals surface area contributed by atoms with Crippen LogP contribution in [-0.2, 0) is 6.54 Å². The summed E-state index contributed by atoms with van der Waals surface area (Å²) >= 11 is 0. The van der Waals surface area contributed by atoms with Crippen molar-refractivity contribution in [3.8, 4) is 0 Å². The van der Waals surface area contributed by atoms with Crippen LogP contribution in [0.5, 0.6) is 0 Å². The third-order valence-corrected chi connectivity index (χ3v) is 3.56. The molecule has 2 rings (SSSR count). The number of halogens is 1. The highest BCUT2D eigenvalue weighted by molar-refractivity contribution is 5.92. The molecule has 5 nitrogen and oxygen atoms in total. The number of hydrogen-bond acceptors (Lipinski definition) is 3. The molecule has 1 aromatic carbocycles. The largest absolute Gasteiger partial charge is 0.370 e. The average Bonchev–Trinajstić information content (AvgIpc) is 2.44. The summed E-state index contributed by atoms with van der Waals surface area (Å²) in [7, 11) is 3.69. The zero-order chi connectivity index (χ0) is 14.5. The number of nitrogens with two attached hydrogens (primary N) is 1. The van der Waals surface area contributed by atoms with Crippen LogP contribution in [0, 0.1) is 5.82 Å². The molecule has 0 radical (unpaired) electrons. The third kappa shape index (κ3) is 3.91. The Morgan fingerprint density at radius 1 is 1.35 bits per heavy atom. The number of nitrogens with zero attached hydrogens (tertiary/aromatic N) is 3. The minimum atomic E-state index is -0.210. The van der Waals surface area contributed by atoms with E-state index < -0.39 is 0 Å². The smallest absolute Gasteiger partial charge is 0.192 e. The predicted molar refractivity (Wildman–Crippen MR) is 80.3 cm³/mol. The SMILES string of the molecule is CN=C(N)Nc1ccc(CN2CCN(C)CC2)c(F)c1. The Kier molecular flexibility index (Phi) is 4.92. The number of rotatable bonds is 3. The summed E-state index contributed by atoms with van der Waals surface area (Å²) in [6.07, 6.45) is 0. The maximum atomic E-state index is 14.1. The van der Waals surface area contributed by atoms with Crippen molar-refractivity contribution in [3.05, 3.63) is 29.6 Å². The van der Waals surface area contributed by atoms with Gasteiger partial charge in [-0.15, -0.1) is 0 Å². The second-order valence-electron chi connectivity index (χ2n) is 5.12. The molecule has 6 heteroatoms. The van der Waals surface area contributed by atoms with Crippen molar-refractivity contribution in [2.24, 2.45) is 10.7 Å². The summed E-state index contributed by atoms with van der Waals surface area (Å²) in [6.45, 7) is 4.67. The van der Waals surface area contributed by atoms with Crippen LogP contribution in [0.4, 0.5) is 10.1 Å². The van der Waals surface area contributed by atoms with Gasteiger partial charge in [0.25, 0.3) is 0 Å². The molecule has 1 heterocycles. The second-order valence-corrected chi connectivity index (χ2v) is 5.12. The van der Waals surface area contributed by atoms with E-state index in [0.717, 1.165) is 26.2 Å². The van der Waals surface area contributed by atoms with Gasteiger partial charge < -0.3 is 16.0 Å². The molecule has 0 saturated carbocycles. The lowest BCUT2D eigenvalue weighted by Gasteiger charge is -2.32. The van der Waals surface area contributed by atoms with E-state index in [0.29, 0.717) is 17.8 Å². The highest BCUT2D eigenvalue weighted by Crippen LogP contribution is 2.17. The Labute approximate surface area is 119 Å². The fraction of sp³-hybridized carbons (Fsp3) is 0.500. The van der Waals surface area contributed by atoms with Crippen LogP contribution in [0.3, 0.4) is 0 Å². The molecule has 1 fully saturated rings. The number of aliphatic imine (C=N–C) groups is 1. The Morgan fingerprint density at radius 2 is 2.05 bits per heavy atom. The monoisotopic (exact) mass is 279 g/mol. The van der Waals surface area contributed by atoms with Crippen LogP contribution in [0.25, 0.3) is 0 Å². The van der Waals surface area contributed by atoms with Crippen LogP contribution >= 0.6 is 0 Å². The van der Waals surface area contributed by atoms with Crippen molar-refractivity contribution in [1.82, 2.24) is 9.80 Å². The van der Waals surface area contributed by atoms with Crippen LogP contribution in [-0.4, -0.2) is 56.0 Å². The van der Waals surface area contributed by atoms with Gasteiger partial charge in [0.1, 0.15) is 5.82 Å². The van der Waals surface area contributed by atoms with Crippen molar-refractivity contribution in [2.75, 3.05) is 45.6 Å². The van der Waals surface area contributed by atoms with Gasteiger partial charge in [0, 0.05) is 51.0 Å². The van der Waals surface area contributed by atoms with Crippen LogP contribution in [0.2, 0.25) is 0 Å². The molecule has 1 aromatic rings. The van der Waals surface area contributed by atoms with Gasteiger partial charge in [-0.05, 0) is 19.2 Å². The minimum absolute atomic E-state index is 0.210. The zero-order valence-electron chi connectivity index (χ0n) is 12.1. The lowest BCUT2D eigenvalue weighted by molar-refractivity contribution is 0.147. The fourth-order valence-corrected chi connectivity index (χ4v) is 2.20. The highest BCUT2D eigenvalue weighted by atomic mass is 19.1. The van der Waals surface area contributed by atoms with Gasteiger partial charge in [-0.3, -0.25) is 9.89 Å². The summed E-state index contributed by atoms with van der Waals surface area (Å²) in [5.41, 5.74) is 6.89. The number of guanidine groups is 1. The third-order valence-electron chi connectivity index (χ3n) is 3.56. The first-order chi connectivity index (χ1) is 9.58. The Hall–Kier alpha value is -1.66. The van der Waals surface area contributed by atoms with Gasteiger partial charge in [-0.25, -0.2) is 4.39 Å². The summed E-state index contributed by atoms with van der Waals surface area (Å²) in [6, 6.07) is 5.09. The van der Waals surface area contributed by atoms with Gasteiger partial charge in [-0.1, -0.05) is 6.07 Å². The van der Waals surface area contributed by atoms with Crippen molar-refractivity contribution >= 4 is 11.6 Å². The Bertz CT molecular complexity index is 480. The number of likely N-dealkylation sites (N-methyl/N-ethyl adjacent to an activating group) is 1. The Morgan fingerprint density at radius 3 is 2.65 bits per heavy atom. The first-order valence-corrected chi connectivity index (χ1v) is 6.77. The number of piperazine rings is 1. The normalized spacial score (nSPS) is 18.2. The fourth-order valence-electron chi connectivity index (χ4n) is 2.20. The van der Waals surface area contributed by atoms with Crippen LogP contribution in [0.1, 0.15) is 5.56 Å².